The summed E-state index contributed by atoms with van der Waals surface area (Å²) in [5.74, 6) is -1.46. The first-order chi connectivity index (χ1) is 9.45. The van der Waals surface area contributed by atoms with E-state index in [-0.39, 0.29) is 35.3 Å². The van der Waals surface area contributed by atoms with Crippen molar-refractivity contribution in [2.24, 2.45) is 0 Å². The summed E-state index contributed by atoms with van der Waals surface area (Å²) in [6.45, 7) is -0.00502. The minimum atomic E-state index is -1.19. The van der Waals surface area contributed by atoms with Crippen molar-refractivity contribution in [2.45, 2.75) is 6.42 Å². The van der Waals surface area contributed by atoms with Gasteiger partial charge in [-0.25, -0.2) is 4.79 Å². The topological polar surface area (TPSA) is 90.6 Å². The number of hydrogen-bond acceptors (Lipinski definition) is 4. The van der Waals surface area contributed by atoms with E-state index in [1.807, 2.05) is 6.07 Å². The summed E-state index contributed by atoms with van der Waals surface area (Å²) in [7, 11) is 1.54. The van der Waals surface area contributed by atoms with E-state index in [0.717, 1.165) is 0 Å². The maximum atomic E-state index is 11.7. The lowest BCUT2D eigenvalue weighted by atomic mass is 10.2. The van der Waals surface area contributed by atoms with Crippen LogP contribution in [0.3, 0.4) is 0 Å². The summed E-state index contributed by atoms with van der Waals surface area (Å²) in [5, 5.41) is 17.7. The molecule has 0 aliphatic heterocycles. The normalized spacial score (nSPS) is 9.65. The highest BCUT2D eigenvalue weighted by Crippen LogP contribution is 2.22. The summed E-state index contributed by atoms with van der Waals surface area (Å²) < 4.78 is 5.20. The molecule has 0 saturated carbocycles. The molecule has 1 N–H and O–H groups in total. The molecular weight excluding hydrogens is 284 g/mol. The molecule has 20 heavy (non-hydrogen) atoms. The molecule has 0 aliphatic carbocycles. The second kappa shape index (κ2) is 7.36. The van der Waals surface area contributed by atoms with Gasteiger partial charge in [0.15, 0.2) is 6.61 Å². The number of rotatable bonds is 6. The Kier molecular flexibility index (Phi) is 5.81. The summed E-state index contributed by atoms with van der Waals surface area (Å²) in [5.41, 5.74) is -0.107. The molecule has 1 amide bonds. The Morgan fingerprint density at radius 1 is 1.50 bits per heavy atom. The van der Waals surface area contributed by atoms with Gasteiger partial charge in [0.25, 0.3) is 5.91 Å². The third kappa shape index (κ3) is 4.44. The van der Waals surface area contributed by atoms with Crippen molar-refractivity contribution in [3.8, 4) is 11.8 Å². The van der Waals surface area contributed by atoms with Crippen LogP contribution in [0, 0.1) is 11.3 Å². The lowest BCUT2D eigenvalue weighted by Crippen LogP contribution is -2.32. The second-order valence-electron chi connectivity index (χ2n) is 3.96. The maximum absolute atomic E-state index is 11.7. The van der Waals surface area contributed by atoms with E-state index in [9.17, 15) is 9.59 Å². The second-order valence-corrected chi connectivity index (χ2v) is 4.39. The highest BCUT2D eigenvalue weighted by atomic mass is 35.5. The number of carbonyl (C=O) groups is 2. The van der Waals surface area contributed by atoms with Gasteiger partial charge in [0, 0.05) is 18.6 Å². The van der Waals surface area contributed by atoms with Crippen LogP contribution in [0.25, 0.3) is 0 Å². The molecule has 7 heteroatoms. The van der Waals surface area contributed by atoms with Crippen LogP contribution >= 0.6 is 11.6 Å². The van der Waals surface area contributed by atoms with Crippen LogP contribution in [-0.2, 0) is 4.79 Å². The Hall–Kier alpha value is -2.26. The Morgan fingerprint density at radius 2 is 2.20 bits per heavy atom. The zero-order valence-electron chi connectivity index (χ0n) is 10.8. The highest BCUT2D eigenvalue weighted by molar-refractivity contribution is 6.31. The Morgan fingerprint density at radius 3 is 2.80 bits per heavy atom. The smallest absolute Gasteiger partial charge is 0.339 e. The largest absolute Gasteiger partial charge is 0.483 e. The number of ether oxygens (including phenoxy) is 1. The third-order valence-electron chi connectivity index (χ3n) is 2.51. The molecule has 1 aromatic rings. The summed E-state index contributed by atoms with van der Waals surface area (Å²) >= 11 is 5.71. The Balaban J connectivity index is 2.68. The molecule has 1 rings (SSSR count). The van der Waals surface area contributed by atoms with Gasteiger partial charge in [0.2, 0.25) is 0 Å². The van der Waals surface area contributed by atoms with Crippen molar-refractivity contribution in [1.29, 1.82) is 5.26 Å². The molecule has 6 nitrogen and oxygen atoms in total. The van der Waals surface area contributed by atoms with Gasteiger partial charge in [-0.05, 0) is 18.2 Å². The molecule has 1 aromatic carbocycles. The van der Waals surface area contributed by atoms with Crippen LogP contribution in [0.1, 0.15) is 16.8 Å². The first-order valence-electron chi connectivity index (χ1n) is 5.72. The van der Waals surface area contributed by atoms with Gasteiger partial charge in [-0.2, -0.15) is 5.26 Å². The van der Waals surface area contributed by atoms with E-state index in [1.165, 1.54) is 23.1 Å². The predicted octanol–water partition coefficient (Wildman–Crippen LogP) is 1.79. The van der Waals surface area contributed by atoms with Crippen molar-refractivity contribution in [1.82, 2.24) is 4.90 Å². The van der Waals surface area contributed by atoms with Gasteiger partial charge in [-0.3, -0.25) is 4.79 Å². The van der Waals surface area contributed by atoms with Crippen LogP contribution in [0.4, 0.5) is 0 Å². The maximum Gasteiger partial charge on any atom is 0.339 e. The van der Waals surface area contributed by atoms with Crippen molar-refractivity contribution in [3.05, 3.63) is 28.8 Å². The number of carboxylic acid groups (broad SMARTS) is 1. The quantitative estimate of drug-likeness (QED) is 0.864. The monoisotopic (exact) mass is 296 g/mol. The number of likely N-dealkylation sites (N-methyl/N-ethyl adjacent to an activating group) is 1. The Bertz CT molecular complexity index is 554. The molecular formula is C13H13ClN2O4. The molecule has 0 aromatic heterocycles. The first-order valence-corrected chi connectivity index (χ1v) is 6.10. The molecule has 0 unspecified atom stereocenters. The average molecular weight is 297 g/mol. The molecule has 0 saturated heterocycles. The van der Waals surface area contributed by atoms with E-state index in [1.54, 1.807) is 7.05 Å². The van der Waals surface area contributed by atoms with Crippen molar-refractivity contribution in [3.63, 3.8) is 0 Å². The molecule has 0 atom stereocenters. The fraction of sp³-hybridized carbons (Fsp3) is 0.308. The zero-order valence-corrected chi connectivity index (χ0v) is 11.6. The van der Waals surface area contributed by atoms with Crippen LogP contribution in [0.2, 0.25) is 5.02 Å². The minimum absolute atomic E-state index is 0.0731. The Labute approximate surface area is 121 Å². The number of nitrogens with zero attached hydrogens (tertiary/aromatic N) is 2. The van der Waals surface area contributed by atoms with Gasteiger partial charge in [-0.1, -0.05) is 11.6 Å². The van der Waals surface area contributed by atoms with E-state index >= 15 is 0 Å². The number of nitriles is 1. The van der Waals surface area contributed by atoms with E-state index in [4.69, 9.17) is 26.7 Å². The molecule has 0 bridgehead atoms. The molecule has 0 spiro atoms. The van der Waals surface area contributed by atoms with Crippen LogP contribution < -0.4 is 4.74 Å². The van der Waals surface area contributed by atoms with Crippen LogP contribution in [0.5, 0.6) is 5.75 Å². The first kappa shape index (κ1) is 15.8. The SMILES string of the molecule is CN(CCC#N)C(=O)COc1ccc(Cl)cc1C(=O)O. The van der Waals surface area contributed by atoms with Gasteiger partial charge < -0.3 is 14.7 Å². The van der Waals surface area contributed by atoms with Crippen molar-refractivity contribution >= 4 is 23.5 Å². The minimum Gasteiger partial charge on any atom is -0.483 e. The standard InChI is InChI=1S/C13H13ClN2O4/c1-16(6-2-5-15)12(17)8-20-11-4-3-9(14)7-10(11)13(18)19/h3-4,7H,2,6,8H2,1H3,(H,18,19). The molecule has 106 valence electrons. The highest BCUT2D eigenvalue weighted by Gasteiger charge is 2.15. The van der Waals surface area contributed by atoms with E-state index < -0.39 is 5.97 Å². The number of halogens is 1. The van der Waals surface area contributed by atoms with Gasteiger partial charge >= 0.3 is 5.97 Å². The van der Waals surface area contributed by atoms with E-state index in [0.29, 0.717) is 6.54 Å². The number of hydrogen-bond donors (Lipinski definition) is 1. The van der Waals surface area contributed by atoms with Gasteiger partial charge in [0.05, 0.1) is 12.5 Å². The van der Waals surface area contributed by atoms with Crippen molar-refractivity contribution in [2.75, 3.05) is 20.2 Å². The number of carboxylic acids is 1. The number of aromatic carboxylic acids is 1. The van der Waals surface area contributed by atoms with Crippen molar-refractivity contribution < 1.29 is 19.4 Å². The fourth-order valence-corrected chi connectivity index (χ4v) is 1.56. The zero-order chi connectivity index (χ0) is 15.1. The molecule has 0 aliphatic rings. The number of amides is 1. The van der Waals surface area contributed by atoms with Gasteiger partial charge in [0.1, 0.15) is 11.3 Å². The summed E-state index contributed by atoms with van der Waals surface area (Å²) in [4.78, 5) is 24.1. The third-order valence-corrected chi connectivity index (χ3v) is 2.74. The van der Waals surface area contributed by atoms with E-state index in [2.05, 4.69) is 0 Å². The summed E-state index contributed by atoms with van der Waals surface area (Å²) in [6.07, 6.45) is 0.226. The number of carbonyl (C=O) groups excluding carboxylic acids is 1. The number of benzene rings is 1. The summed E-state index contributed by atoms with van der Waals surface area (Å²) in [6, 6.07) is 6.06. The molecule has 0 fully saturated rings. The predicted molar refractivity (Wildman–Crippen MR) is 71.8 cm³/mol. The van der Waals surface area contributed by atoms with Crippen LogP contribution in [-0.4, -0.2) is 42.1 Å². The lowest BCUT2D eigenvalue weighted by Gasteiger charge is -2.16. The molecule has 0 radical (unpaired) electrons. The molecule has 0 heterocycles. The van der Waals surface area contributed by atoms with Crippen LogP contribution in [0.15, 0.2) is 18.2 Å². The van der Waals surface area contributed by atoms with Gasteiger partial charge in [-0.15, -0.1) is 0 Å². The average Bonchev–Trinajstić information content (AvgIpc) is 2.42. The lowest BCUT2D eigenvalue weighted by molar-refractivity contribution is -0.132. The fourth-order valence-electron chi connectivity index (χ4n) is 1.39.